The summed E-state index contributed by atoms with van der Waals surface area (Å²) >= 11 is 0. The molecule has 2 amide bonds. The molecule has 1 saturated heterocycles. The Morgan fingerprint density at radius 2 is 1.77 bits per heavy atom. The fraction of sp³-hybridized carbons (Fsp3) is 0.375. The van der Waals surface area contributed by atoms with Crippen molar-refractivity contribution in [3.8, 4) is 0 Å². The fourth-order valence-electron chi connectivity index (χ4n) is 3.74. The smallest absolute Gasteiger partial charge is 0.280 e. The number of anilines is 3. The second-order valence-electron chi connectivity index (χ2n) is 8.92. The maximum absolute atomic E-state index is 12.6. The normalized spacial score (nSPS) is 18.5. The maximum atomic E-state index is 12.6. The van der Waals surface area contributed by atoms with E-state index in [0.717, 1.165) is 61.4 Å². The van der Waals surface area contributed by atoms with Crippen LogP contribution in [0.2, 0.25) is 0 Å². The van der Waals surface area contributed by atoms with Crippen molar-refractivity contribution in [1.29, 1.82) is 0 Å². The zero-order valence-corrected chi connectivity index (χ0v) is 17.6. The van der Waals surface area contributed by atoms with Gasteiger partial charge in [-0.1, -0.05) is 13.0 Å². The van der Waals surface area contributed by atoms with Crippen molar-refractivity contribution < 1.29 is 9.59 Å². The third kappa shape index (κ3) is 4.40. The molecular weight excluding hydrogens is 390 g/mol. The van der Waals surface area contributed by atoms with Crippen molar-refractivity contribution in [2.45, 2.75) is 38.5 Å². The molecule has 4 N–H and O–H groups in total. The Labute approximate surface area is 181 Å². The first-order chi connectivity index (χ1) is 15.0. The SMILES string of the molecule is CC1(C(=O)Nc2cccc(Nc3ccc(C(=O)N=C4NCCN4)cc3C3CC3)c2)CC1. The number of carbonyl (C=O) groups excluding carboxylic acids is 2. The zero-order chi connectivity index (χ0) is 21.4. The minimum absolute atomic E-state index is 0.0825. The lowest BCUT2D eigenvalue weighted by molar-refractivity contribution is -0.120. The van der Waals surface area contributed by atoms with Crippen LogP contribution in [0, 0.1) is 5.41 Å². The van der Waals surface area contributed by atoms with Crippen LogP contribution >= 0.6 is 0 Å². The highest BCUT2D eigenvalue weighted by Crippen LogP contribution is 2.46. The van der Waals surface area contributed by atoms with Crippen LogP contribution in [0.1, 0.15) is 54.4 Å². The third-order valence-electron chi connectivity index (χ3n) is 6.19. The van der Waals surface area contributed by atoms with Gasteiger partial charge in [0.15, 0.2) is 5.96 Å². The predicted octanol–water partition coefficient (Wildman–Crippen LogP) is 3.74. The molecule has 7 nitrogen and oxygen atoms in total. The molecule has 0 aromatic heterocycles. The van der Waals surface area contributed by atoms with Crippen molar-refractivity contribution in [2.75, 3.05) is 23.7 Å². The van der Waals surface area contributed by atoms with Crippen molar-refractivity contribution in [3.05, 3.63) is 53.6 Å². The first-order valence-corrected chi connectivity index (χ1v) is 10.9. The molecule has 0 atom stereocenters. The van der Waals surface area contributed by atoms with Crippen LogP contribution in [-0.4, -0.2) is 30.9 Å². The highest BCUT2D eigenvalue weighted by Gasteiger charge is 2.44. The summed E-state index contributed by atoms with van der Waals surface area (Å²) in [5.41, 5.74) is 4.20. The lowest BCUT2D eigenvalue weighted by Crippen LogP contribution is -2.25. The van der Waals surface area contributed by atoms with Gasteiger partial charge in [0.05, 0.1) is 0 Å². The lowest BCUT2D eigenvalue weighted by Gasteiger charge is -2.15. The molecule has 2 aromatic rings. The van der Waals surface area contributed by atoms with E-state index in [-0.39, 0.29) is 17.2 Å². The molecule has 5 rings (SSSR count). The minimum Gasteiger partial charge on any atom is -0.355 e. The summed E-state index contributed by atoms with van der Waals surface area (Å²) in [6, 6.07) is 13.5. The third-order valence-corrected chi connectivity index (χ3v) is 6.19. The maximum Gasteiger partial charge on any atom is 0.280 e. The number of amides is 2. The van der Waals surface area contributed by atoms with Gasteiger partial charge < -0.3 is 21.3 Å². The number of aliphatic imine (C=N–C) groups is 1. The van der Waals surface area contributed by atoms with Crippen LogP contribution in [-0.2, 0) is 4.79 Å². The second kappa shape index (κ2) is 7.72. The molecule has 7 heteroatoms. The van der Waals surface area contributed by atoms with Crippen LogP contribution in [0.25, 0.3) is 0 Å². The number of benzene rings is 2. The summed E-state index contributed by atoms with van der Waals surface area (Å²) in [6.45, 7) is 3.56. The van der Waals surface area contributed by atoms with Gasteiger partial charge in [0.2, 0.25) is 5.91 Å². The summed E-state index contributed by atoms with van der Waals surface area (Å²) in [5.74, 6) is 0.838. The van der Waals surface area contributed by atoms with E-state index >= 15 is 0 Å². The second-order valence-corrected chi connectivity index (χ2v) is 8.92. The van der Waals surface area contributed by atoms with E-state index in [1.54, 1.807) is 0 Å². The van der Waals surface area contributed by atoms with E-state index in [1.165, 1.54) is 0 Å². The van der Waals surface area contributed by atoms with Gasteiger partial charge in [0.1, 0.15) is 0 Å². The highest BCUT2D eigenvalue weighted by atomic mass is 16.2. The minimum atomic E-state index is -0.247. The van der Waals surface area contributed by atoms with E-state index in [0.29, 0.717) is 17.4 Å². The monoisotopic (exact) mass is 417 g/mol. The summed E-state index contributed by atoms with van der Waals surface area (Å²) in [7, 11) is 0. The largest absolute Gasteiger partial charge is 0.355 e. The topological polar surface area (TPSA) is 94.6 Å². The molecule has 3 aliphatic rings. The number of rotatable bonds is 6. The van der Waals surface area contributed by atoms with Crippen LogP contribution in [0.3, 0.4) is 0 Å². The number of carbonyl (C=O) groups is 2. The van der Waals surface area contributed by atoms with E-state index in [1.807, 2.05) is 49.4 Å². The number of guanidine groups is 1. The molecule has 0 spiro atoms. The molecule has 2 aromatic carbocycles. The van der Waals surface area contributed by atoms with Crippen LogP contribution in [0.4, 0.5) is 17.1 Å². The summed E-state index contributed by atoms with van der Waals surface area (Å²) in [6.07, 6.45) is 4.14. The van der Waals surface area contributed by atoms with Gasteiger partial charge in [-0.15, -0.1) is 0 Å². The first-order valence-electron chi connectivity index (χ1n) is 10.9. The van der Waals surface area contributed by atoms with Gasteiger partial charge in [-0.3, -0.25) is 9.59 Å². The van der Waals surface area contributed by atoms with Crippen LogP contribution in [0.5, 0.6) is 0 Å². The lowest BCUT2D eigenvalue weighted by atomic mass is 10.0. The highest BCUT2D eigenvalue weighted by molar-refractivity contribution is 6.03. The van der Waals surface area contributed by atoms with Crippen molar-refractivity contribution in [1.82, 2.24) is 10.6 Å². The van der Waals surface area contributed by atoms with Gasteiger partial charge in [-0.05, 0) is 73.6 Å². The molecule has 0 unspecified atom stereocenters. The molecule has 1 aliphatic heterocycles. The Morgan fingerprint density at radius 3 is 2.48 bits per heavy atom. The van der Waals surface area contributed by atoms with Gasteiger partial charge in [0, 0.05) is 41.1 Å². The summed E-state index contributed by atoms with van der Waals surface area (Å²) in [5, 5.41) is 12.6. The molecule has 2 aliphatic carbocycles. The van der Waals surface area contributed by atoms with Gasteiger partial charge in [0.25, 0.3) is 5.91 Å². The molecule has 31 heavy (non-hydrogen) atoms. The standard InChI is InChI=1S/C24H27N5O2/c1-24(9-10-24)22(31)28-18-4-2-3-17(14-18)27-20-8-7-16(13-19(20)15-5-6-15)21(30)29-23-25-11-12-26-23/h2-4,7-8,13-15,27H,5-6,9-12H2,1H3,(H,28,31)(H2,25,26,29,30). The number of hydrogen-bond donors (Lipinski definition) is 4. The quantitative estimate of drug-likeness (QED) is 0.575. The molecule has 1 heterocycles. The van der Waals surface area contributed by atoms with E-state index in [9.17, 15) is 9.59 Å². The van der Waals surface area contributed by atoms with Crippen LogP contribution < -0.4 is 21.3 Å². The number of nitrogens with one attached hydrogen (secondary N) is 4. The average Bonchev–Trinajstić information content (AvgIpc) is 3.68. The van der Waals surface area contributed by atoms with Crippen LogP contribution in [0.15, 0.2) is 47.5 Å². The van der Waals surface area contributed by atoms with Gasteiger partial charge >= 0.3 is 0 Å². The Bertz CT molecular complexity index is 1060. The fourth-order valence-corrected chi connectivity index (χ4v) is 3.74. The zero-order valence-electron chi connectivity index (χ0n) is 17.6. The number of nitrogens with zero attached hydrogens (tertiary/aromatic N) is 1. The Balaban J connectivity index is 1.34. The summed E-state index contributed by atoms with van der Waals surface area (Å²) in [4.78, 5) is 29.1. The summed E-state index contributed by atoms with van der Waals surface area (Å²) < 4.78 is 0. The molecule has 2 saturated carbocycles. The molecule has 3 fully saturated rings. The molecule has 0 radical (unpaired) electrons. The van der Waals surface area contributed by atoms with E-state index in [4.69, 9.17) is 0 Å². The molecular formula is C24H27N5O2. The number of hydrogen-bond acceptors (Lipinski definition) is 3. The van der Waals surface area contributed by atoms with Crippen molar-refractivity contribution in [2.24, 2.45) is 10.4 Å². The molecule has 160 valence electrons. The molecule has 0 bridgehead atoms. The van der Waals surface area contributed by atoms with Crippen molar-refractivity contribution in [3.63, 3.8) is 0 Å². The van der Waals surface area contributed by atoms with Gasteiger partial charge in [-0.2, -0.15) is 4.99 Å². The van der Waals surface area contributed by atoms with Gasteiger partial charge in [-0.25, -0.2) is 0 Å². The Morgan fingerprint density at radius 1 is 1.03 bits per heavy atom. The predicted molar refractivity (Wildman–Crippen MR) is 122 cm³/mol. The average molecular weight is 418 g/mol. The first kappa shape index (κ1) is 19.6. The Hall–Kier alpha value is -3.35. The van der Waals surface area contributed by atoms with Crippen molar-refractivity contribution >= 4 is 34.8 Å². The van der Waals surface area contributed by atoms with E-state index in [2.05, 4.69) is 26.3 Å². The van der Waals surface area contributed by atoms with E-state index < -0.39 is 0 Å². The Kier molecular flexibility index (Phi) is 4.88.